The number of hydrogen-bond donors (Lipinski definition) is 2. The average Bonchev–Trinajstić information content (AvgIpc) is 2.61. The molecule has 0 spiro atoms. The fourth-order valence-corrected chi connectivity index (χ4v) is 1.24. The highest BCUT2D eigenvalue weighted by atomic mass is 19.4. The highest BCUT2D eigenvalue weighted by molar-refractivity contribution is 5.89. The first-order valence-electron chi connectivity index (χ1n) is 4.46. The minimum atomic E-state index is -4.76. The summed E-state index contributed by atoms with van der Waals surface area (Å²) >= 11 is 0. The molecule has 1 heterocycles. The molecule has 0 fully saturated rings. The van der Waals surface area contributed by atoms with Crippen molar-refractivity contribution in [3.8, 4) is 0 Å². The van der Waals surface area contributed by atoms with Gasteiger partial charge < -0.3 is 15.0 Å². The van der Waals surface area contributed by atoms with Crippen molar-refractivity contribution in [1.29, 1.82) is 0 Å². The maximum atomic E-state index is 12.5. The Morgan fingerprint density at radius 2 is 2.00 bits per heavy atom. The molecule has 1 aromatic heterocycles. The van der Waals surface area contributed by atoms with E-state index in [1.807, 2.05) is 0 Å². The Morgan fingerprint density at radius 1 is 1.41 bits per heavy atom. The van der Waals surface area contributed by atoms with E-state index in [1.54, 1.807) is 0 Å². The SMILES string of the molecule is CNC(=O)Cn1cc(C(=O)O)c(C(F)(F)F)c1. The van der Waals surface area contributed by atoms with Gasteiger partial charge in [-0.05, 0) is 0 Å². The number of carbonyl (C=O) groups excluding carboxylic acids is 1. The Morgan fingerprint density at radius 3 is 2.35 bits per heavy atom. The molecule has 5 nitrogen and oxygen atoms in total. The van der Waals surface area contributed by atoms with Crippen LogP contribution >= 0.6 is 0 Å². The Balaban J connectivity index is 3.13. The maximum absolute atomic E-state index is 12.5. The van der Waals surface area contributed by atoms with Crippen molar-refractivity contribution in [2.45, 2.75) is 12.7 Å². The minimum absolute atomic E-state index is 0.368. The number of likely N-dealkylation sites (N-methyl/N-ethyl adjacent to an activating group) is 1. The summed E-state index contributed by atoms with van der Waals surface area (Å²) < 4.78 is 38.3. The van der Waals surface area contributed by atoms with Crippen molar-refractivity contribution >= 4 is 11.9 Å². The van der Waals surface area contributed by atoms with Crippen molar-refractivity contribution in [3.63, 3.8) is 0 Å². The number of halogens is 3. The molecule has 0 saturated carbocycles. The van der Waals surface area contributed by atoms with E-state index < -0.39 is 29.2 Å². The van der Waals surface area contributed by atoms with Gasteiger partial charge in [0.2, 0.25) is 5.91 Å². The average molecular weight is 250 g/mol. The summed E-state index contributed by atoms with van der Waals surface area (Å²) in [5.74, 6) is -2.21. The number of nitrogens with zero attached hydrogens (tertiary/aromatic N) is 1. The molecule has 0 radical (unpaired) electrons. The lowest BCUT2D eigenvalue weighted by Crippen LogP contribution is -2.22. The quantitative estimate of drug-likeness (QED) is 0.839. The lowest BCUT2D eigenvalue weighted by Gasteiger charge is -2.04. The van der Waals surface area contributed by atoms with Gasteiger partial charge in [0, 0.05) is 19.4 Å². The third kappa shape index (κ3) is 2.99. The second-order valence-electron chi connectivity index (χ2n) is 3.23. The number of amides is 1. The van der Waals surface area contributed by atoms with Crippen LogP contribution in [0.25, 0.3) is 0 Å². The van der Waals surface area contributed by atoms with E-state index in [0.717, 1.165) is 10.8 Å². The Kier molecular flexibility index (Phi) is 3.45. The van der Waals surface area contributed by atoms with E-state index >= 15 is 0 Å². The number of aromatic nitrogens is 1. The predicted molar refractivity (Wildman–Crippen MR) is 50.5 cm³/mol. The number of rotatable bonds is 3. The van der Waals surface area contributed by atoms with Gasteiger partial charge in [-0.15, -0.1) is 0 Å². The van der Waals surface area contributed by atoms with Crippen LogP contribution in [0.3, 0.4) is 0 Å². The molecule has 1 aromatic rings. The summed E-state index contributed by atoms with van der Waals surface area (Å²) in [4.78, 5) is 21.6. The molecule has 0 atom stereocenters. The number of nitrogens with one attached hydrogen (secondary N) is 1. The van der Waals surface area contributed by atoms with Gasteiger partial charge in [0.25, 0.3) is 0 Å². The van der Waals surface area contributed by atoms with Gasteiger partial charge in [-0.25, -0.2) is 4.79 Å². The van der Waals surface area contributed by atoms with Gasteiger partial charge in [-0.2, -0.15) is 13.2 Å². The molecule has 0 aliphatic heterocycles. The van der Waals surface area contributed by atoms with Gasteiger partial charge in [0.1, 0.15) is 6.54 Å². The topological polar surface area (TPSA) is 71.3 Å². The number of hydrogen-bond acceptors (Lipinski definition) is 2. The highest BCUT2D eigenvalue weighted by Gasteiger charge is 2.37. The molecule has 8 heteroatoms. The lowest BCUT2D eigenvalue weighted by molar-refractivity contribution is -0.138. The zero-order valence-corrected chi connectivity index (χ0v) is 8.71. The van der Waals surface area contributed by atoms with Gasteiger partial charge in [-0.1, -0.05) is 0 Å². The second kappa shape index (κ2) is 4.48. The zero-order valence-electron chi connectivity index (χ0n) is 8.71. The van der Waals surface area contributed by atoms with Crippen LogP contribution in [0.1, 0.15) is 15.9 Å². The van der Waals surface area contributed by atoms with Crippen molar-refractivity contribution < 1.29 is 27.9 Å². The molecule has 2 N–H and O–H groups in total. The van der Waals surface area contributed by atoms with Crippen molar-refractivity contribution in [2.24, 2.45) is 0 Å². The van der Waals surface area contributed by atoms with Gasteiger partial charge in [-0.3, -0.25) is 4.79 Å². The third-order valence-corrected chi connectivity index (χ3v) is 2.02. The number of alkyl halides is 3. The van der Waals surface area contributed by atoms with Crippen LogP contribution in [0.4, 0.5) is 13.2 Å². The summed E-state index contributed by atoms with van der Waals surface area (Å²) in [5, 5.41) is 10.8. The molecule has 0 bridgehead atoms. The normalized spacial score (nSPS) is 11.3. The van der Waals surface area contributed by atoms with Crippen LogP contribution in [-0.2, 0) is 17.5 Å². The fraction of sp³-hybridized carbons (Fsp3) is 0.333. The Bertz CT molecular complexity index is 451. The van der Waals surface area contributed by atoms with E-state index in [-0.39, 0.29) is 6.54 Å². The predicted octanol–water partition coefficient (Wildman–Crippen LogP) is 0.951. The van der Waals surface area contributed by atoms with Crippen molar-refractivity contribution in [2.75, 3.05) is 7.05 Å². The molecule has 0 unspecified atom stereocenters. The maximum Gasteiger partial charge on any atom is 0.418 e. The molecule has 0 saturated heterocycles. The first-order valence-corrected chi connectivity index (χ1v) is 4.46. The molecular formula is C9H9F3N2O3. The van der Waals surface area contributed by atoms with Gasteiger partial charge in [0.05, 0.1) is 11.1 Å². The number of carboxylic acids is 1. The van der Waals surface area contributed by atoms with Gasteiger partial charge in [0.15, 0.2) is 0 Å². The van der Waals surface area contributed by atoms with E-state index in [1.165, 1.54) is 7.05 Å². The Hall–Kier alpha value is -1.99. The van der Waals surface area contributed by atoms with Crippen LogP contribution in [0, 0.1) is 0 Å². The summed E-state index contributed by atoms with van der Waals surface area (Å²) in [6.45, 7) is -0.368. The van der Waals surface area contributed by atoms with Crippen LogP contribution < -0.4 is 5.32 Å². The van der Waals surface area contributed by atoms with Crippen LogP contribution in [0.2, 0.25) is 0 Å². The largest absolute Gasteiger partial charge is 0.478 e. The number of carbonyl (C=O) groups is 2. The standard InChI is InChI=1S/C9H9F3N2O3/c1-13-7(15)4-14-2-5(8(16)17)6(3-14)9(10,11)12/h2-3H,4H2,1H3,(H,13,15)(H,16,17). The van der Waals surface area contributed by atoms with Gasteiger partial charge >= 0.3 is 12.1 Å². The lowest BCUT2D eigenvalue weighted by atomic mass is 10.2. The molecule has 17 heavy (non-hydrogen) atoms. The molecule has 1 amide bonds. The Labute approximate surface area is 93.8 Å². The summed E-state index contributed by atoms with van der Waals surface area (Å²) in [5.41, 5.74) is -2.14. The first kappa shape index (κ1) is 13.1. The van der Waals surface area contributed by atoms with Crippen LogP contribution in [-0.4, -0.2) is 28.6 Å². The monoisotopic (exact) mass is 250 g/mol. The van der Waals surface area contributed by atoms with E-state index in [0.29, 0.717) is 6.20 Å². The van der Waals surface area contributed by atoms with E-state index in [9.17, 15) is 22.8 Å². The van der Waals surface area contributed by atoms with E-state index in [4.69, 9.17) is 5.11 Å². The van der Waals surface area contributed by atoms with Crippen molar-refractivity contribution in [1.82, 2.24) is 9.88 Å². The fourth-order valence-electron chi connectivity index (χ4n) is 1.24. The molecular weight excluding hydrogens is 241 g/mol. The van der Waals surface area contributed by atoms with Crippen molar-refractivity contribution in [3.05, 3.63) is 23.5 Å². The summed E-state index contributed by atoms with van der Waals surface area (Å²) in [6.07, 6.45) is -3.39. The molecule has 0 aliphatic rings. The zero-order chi connectivity index (χ0) is 13.2. The molecule has 0 aromatic carbocycles. The minimum Gasteiger partial charge on any atom is -0.478 e. The second-order valence-corrected chi connectivity index (χ2v) is 3.23. The number of carboxylic acid groups (broad SMARTS) is 1. The summed E-state index contributed by atoms with van der Waals surface area (Å²) in [7, 11) is 1.33. The highest BCUT2D eigenvalue weighted by Crippen LogP contribution is 2.32. The smallest absolute Gasteiger partial charge is 0.418 e. The van der Waals surface area contributed by atoms with Crippen LogP contribution in [0.15, 0.2) is 12.4 Å². The molecule has 0 aliphatic carbocycles. The number of aromatic carboxylic acids is 1. The molecule has 94 valence electrons. The summed E-state index contributed by atoms with van der Waals surface area (Å²) in [6, 6.07) is 0. The molecule has 1 rings (SSSR count). The first-order chi connectivity index (χ1) is 7.75. The van der Waals surface area contributed by atoms with E-state index in [2.05, 4.69) is 5.32 Å². The van der Waals surface area contributed by atoms with Crippen LogP contribution in [0.5, 0.6) is 0 Å². The third-order valence-electron chi connectivity index (χ3n) is 2.02.